The van der Waals surface area contributed by atoms with Crippen LogP contribution < -0.4 is 15.5 Å². The molecule has 0 spiro atoms. The summed E-state index contributed by atoms with van der Waals surface area (Å²) in [6, 6.07) is 17.8. The molecule has 2 aromatic carbocycles. The number of aromatic nitrogens is 3. The van der Waals surface area contributed by atoms with Crippen LogP contribution in [-0.2, 0) is 0 Å². The van der Waals surface area contributed by atoms with Crippen LogP contribution >= 0.6 is 11.6 Å². The number of anilines is 2. The van der Waals surface area contributed by atoms with Crippen LogP contribution in [0.15, 0.2) is 67.0 Å². The number of rotatable bonds is 8. The zero-order valence-corrected chi connectivity index (χ0v) is 21.2. The van der Waals surface area contributed by atoms with Gasteiger partial charge in [-0.15, -0.1) is 0 Å². The van der Waals surface area contributed by atoms with Crippen LogP contribution in [0.2, 0.25) is 5.02 Å². The molecule has 0 aliphatic carbocycles. The maximum Gasteiger partial charge on any atom is 0.274 e. The van der Waals surface area contributed by atoms with Gasteiger partial charge in [0, 0.05) is 35.9 Å². The number of piperidine rings is 1. The van der Waals surface area contributed by atoms with Gasteiger partial charge in [0.15, 0.2) is 5.65 Å². The second kappa shape index (κ2) is 11.1. The number of carbonyl (C=O) groups is 1. The molecule has 0 radical (unpaired) electrons. The zero-order chi connectivity index (χ0) is 24.9. The Kier molecular flexibility index (Phi) is 7.49. The lowest BCUT2D eigenvalue weighted by Gasteiger charge is -2.35. The first-order valence-corrected chi connectivity index (χ1v) is 13.0. The van der Waals surface area contributed by atoms with Gasteiger partial charge in [0.1, 0.15) is 5.69 Å². The number of carbonyl (C=O) groups excluding carboxylic acids is 1. The Balaban J connectivity index is 1.32. The summed E-state index contributed by atoms with van der Waals surface area (Å²) in [6.45, 7) is 5.22. The molecule has 36 heavy (non-hydrogen) atoms. The van der Waals surface area contributed by atoms with E-state index in [0.717, 1.165) is 55.0 Å². The monoisotopic (exact) mass is 502 g/mol. The second-order valence-electron chi connectivity index (χ2n) is 9.19. The standard InChI is InChI=1S/C28H31ClN6O/c1-2-3-14-30-22-11-15-34(16-12-22)26-10-5-4-9-24(26)33-28(36)25-13-17-35-27(32-25)23(19-31-35)20-7-6-8-21(29)18-20/h4-10,13,17-19,22,30H,2-3,11-12,14-16H2,1H3,(H,33,36). The molecule has 3 heterocycles. The van der Waals surface area contributed by atoms with Crippen molar-refractivity contribution in [1.82, 2.24) is 19.9 Å². The molecule has 1 aliphatic rings. The van der Waals surface area contributed by atoms with E-state index in [9.17, 15) is 4.79 Å². The summed E-state index contributed by atoms with van der Waals surface area (Å²) in [7, 11) is 0. The number of unbranched alkanes of at least 4 members (excludes halogenated alkanes) is 1. The Morgan fingerprint density at radius 1 is 1.11 bits per heavy atom. The predicted octanol–water partition coefficient (Wildman–Crippen LogP) is 5.66. The number of benzene rings is 2. The number of halogens is 1. The summed E-state index contributed by atoms with van der Waals surface area (Å²) in [5.74, 6) is -0.251. The van der Waals surface area contributed by atoms with E-state index in [-0.39, 0.29) is 5.91 Å². The van der Waals surface area contributed by atoms with E-state index in [1.165, 1.54) is 12.8 Å². The van der Waals surface area contributed by atoms with Crippen molar-refractivity contribution in [3.05, 3.63) is 77.7 Å². The fourth-order valence-electron chi connectivity index (χ4n) is 4.70. The van der Waals surface area contributed by atoms with Crippen molar-refractivity contribution in [2.45, 2.75) is 38.6 Å². The van der Waals surface area contributed by atoms with Crippen molar-refractivity contribution < 1.29 is 4.79 Å². The number of hydrogen-bond donors (Lipinski definition) is 2. The molecule has 2 aromatic heterocycles. The molecular formula is C28H31ClN6O. The highest BCUT2D eigenvalue weighted by Gasteiger charge is 2.22. The zero-order valence-electron chi connectivity index (χ0n) is 20.5. The van der Waals surface area contributed by atoms with Gasteiger partial charge in [-0.3, -0.25) is 4.79 Å². The van der Waals surface area contributed by atoms with E-state index in [4.69, 9.17) is 11.6 Å². The lowest BCUT2D eigenvalue weighted by atomic mass is 10.0. The van der Waals surface area contributed by atoms with E-state index in [2.05, 4.69) is 38.6 Å². The van der Waals surface area contributed by atoms with E-state index in [1.54, 1.807) is 23.0 Å². The van der Waals surface area contributed by atoms with Crippen molar-refractivity contribution in [3.63, 3.8) is 0 Å². The minimum Gasteiger partial charge on any atom is -0.370 e. The molecular weight excluding hydrogens is 472 g/mol. The topological polar surface area (TPSA) is 74.6 Å². The van der Waals surface area contributed by atoms with Gasteiger partial charge >= 0.3 is 0 Å². The van der Waals surface area contributed by atoms with Gasteiger partial charge in [-0.2, -0.15) is 5.10 Å². The van der Waals surface area contributed by atoms with E-state index in [0.29, 0.717) is 22.4 Å². The van der Waals surface area contributed by atoms with Gasteiger partial charge in [-0.25, -0.2) is 9.50 Å². The van der Waals surface area contributed by atoms with Crippen molar-refractivity contribution in [2.24, 2.45) is 0 Å². The smallest absolute Gasteiger partial charge is 0.274 e. The van der Waals surface area contributed by atoms with Gasteiger partial charge in [-0.1, -0.05) is 49.2 Å². The van der Waals surface area contributed by atoms with Crippen LogP contribution in [0.5, 0.6) is 0 Å². The molecule has 8 heteroatoms. The molecule has 0 saturated carbocycles. The summed E-state index contributed by atoms with van der Waals surface area (Å²) in [6.07, 6.45) is 8.12. The normalized spacial score (nSPS) is 14.3. The third-order valence-corrected chi connectivity index (χ3v) is 6.92. The molecule has 2 N–H and O–H groups in total. The third-order valence-electron chi connectivity index (χ3n) is 6.69. The van der Waals surface area contributed by atoms with Crippen LogP contribution in [-0.4, -0.2) is 46.2 Å². The molecule has 1 fully saturated rings. The number of amides is 1. The van der Waals surface area contributed by atoms with Crippen molar-refractivity contribution in [2.75, 3.05) is 29.9 Å². The van der Waals surface area contributed by atoms with Crippen molar-refractivity contribution in [1.29, 1.82) is 0 Å². The summed E-state index contributed by atoms with van der Waals surface area (Å²) >= 11 is 6.18. The van der Waals surface area contributed by atoms with Gasteiger partial charge in [0.2, 0.25) is 0 Å². The number of nitrogens with zero attached hydrogens (tertiary/aromatic N) is 4. The van der Waals surface area contributed by atoms with Crippen LogP contribution in [0, 0.1) is 0 Å². The average Bonchev–Trinajstić information content (AvgIpc) is 3.33. The highest BCUT2D eigenvalue weighted by molar-refractivity contribution is 6.30. The Bertz CT molecular complexity index is 1340. The minimum absolute atomic E-state index is 0.251. The molecule has 0 bridgehead atoms. The van der Waals surface area contributed by atoms with Crippen molar-refractivity contribution >= 4 is 34.5 Å². The molecule has 0 atom stereocenters. The summed E-state index contributed by atoms with van der Waals surface area (Å²) in [5.41, 5.74) is 4.51. The van der Waals surface area contributed by atoms with Gasteiger partial charge in [0.25, 0.3) is 5.91 Å². The van der Waals surface area contributed by atoms with Crippen LogP contribution in [0.3, 0.4) is 0 Å². The fourth-order valence-corrected chi connectivity index (χ4v) is 4.89. The Morgan fingerprint density at radius 3 is 2.75 bits per heavy atom. The first-order valence-electron chi connectivity index (χ1n) is 12.6. The summed E-state index contributed by atoms with van der Waals surface area (Å²) in [4.78, 5) is 20.3. The summed E-state index contributed by atoms with van der Waals surface area (Å²) in [5, 5.41) is 11.8. The fraction of sp³-hybridized carbons (Fsp3) is 0.321. The van der Waals surface area contributed by atoms with E-state index in [1.807, 2.05) is 42.5 Å². The molecule has 0 unspecified atom stereocenters. The number of nitrogens with one attached hydrogen (secondary N) is 2. The maximum atomic E-state index is 13.3. The molecule has 5 rings (SSSR count). The van der Waals surface area contributed by atoms with E-state index < -0.39 is 0 Å². The highest BCUT2D eigenvalue weighted by atomic mass is 35.5. The molecule has 1 saturated heterocycles. The molecule has 7 nitrogen and oxygen atoms in total. The Labute approximate surface area is 216 Å². The van der Waals surface area contributed by atoms with Gasteiger partial charge < -0.3 is 15.5 Å². The number of para-hydroxylation sites is 2. The van der Waals surface area contributed by atoms with Crippen LogP contribution in [0.1, 0.15) is 43.1 Å². The molecule has 186 valence electrons. The molecule has 1 aliphatic heterocycles. The number of hydrogen-bond acceptors (Lipinski definition) is 5. The first kappa shape index (κ1) is 24.3. The lowest BCUT2D eigenvalue weighted by Crippen LogP contribution is -2.43. The third kappa shape index (κ3) is 5.37. The highest BCUT2D eigenvalue weighted by Crippen LogP contribution is 2.29. The largest absolute Gasteiger partial charge is 0.370 e. The molecule has 1 amide bonds. The molecule has 4 aromatic rings. The van der Waals surface area contributed by atoms with E-state index >= 15 is 0 Å². The minimum atomic E-state index is -0.251. The Morgan fingerprint density at radius 2 is 1.94 bits per heavy atom. The lowest BCUT2D eigenvalue weighted by molar-refractivity contribution is 0.102. The quantitative estimate of drug-likeness (QED) is 0.304. The SMILES string of the molecule is CCCCNC1CCN(c2ccccc2NC(=O)c2ccn3ncc(-c4cccc(Cl)c4)c3n2)CC1. The predicted molar refractivity (Wildman–Crippen MR) is 146 cm³/mol. The van der Waals surface area contributed by atoms with Gasteiger partial charge in [0.05, 0.1) is 17.6 Å². The Hall–Kier alpha value is -3.42. The van der Waals surface area contributed by atoms with Crippen molar-refractivity contribution in [3.8, 4) is 11.1 Å². The number of fused-ring (bicyclic) bond motifs is 1. The van der Waals surface area contributed by atoms with Crippen LogP contribution in [0.4, 0.5) is 11.4 Å². The maximum absolute atomic E-state index is 13.3. The summed E-state index contributed by atoms with van der Waals surface area (Å²) < 4.78 is 1.67. The second-order valence-corrected chi connectivity index (χ2v) is 9.63. The average molecular weight is 503 g/mol. The van der Waals surface area contributed by atoms with Crippen LogP contribution in [0.25, 0.3) is 16.8 Å². The first-order chi connectivity index (χ1) is 17.6. The van der Waals surface area contributed by atoms with Gasteiger partial charge in [-0.05, 0) is 61.7 Å².